The minimum Gasteiger partial charge on any atom is -0.382 e. The average molecular weight is 605 g/mol. The number of aromatic nitrogens is 2. The second-order valence-corrected chi connectivity index (χ2v) is 10.4. The SMILES string of the molecule is Nc1nc(NCc2ccc(I)cc2)c(Cl)nc1C(=O)NCCN1CCC(Cc2ccccc2)CC1. The number of carbonyl (C=O) groups is 1. The molecule has 0 radical (unpaired) electrons. The van der Waals surface area contributed by atoms with Crippen molar-refractivity contribution in [1.82, 2.24) is 20.2 Å². The number of nitrogens with zero attached hydrogens (tertiary/aromatic N) is 3. The molecule has 35 heavy (non-hydrogen) atoms. The summed E-state index contributed by atoms with van der Waals surface area (Å²) in [5.41, 5.74) is 8.57. The molecule has 4 N–H and O–H groups in total. The highest BCUT2D eigenvalue weighted by atomic mass is 127. The maximum Gasteiger partial charge on any atom is 0.273 e. The van der Waals surface area contributed by atoms with Crippen LogP contribution in [0.1, 0.15) is 34.5 Å². The normalized spacial score (nSPS) is 14.6. The highest BCUT2D eigenvalue weighted by Crippen LogP contribution is 2.22. The molecule has 2 heterocycles. The fourth-order valence-electron chi connectivity index (χ4n) is 4.27. The van der Waals surface area contributed by atoms with Crippen LogP contribution >= 0.6 is 34.2 Å². The van der Waals surface area contributed by atoms with E-state index in [1.54, 1.807) is 0 Å². The van der Waals surface area contributed by atoms with Crippen LogP contribution in [-0.2, 0) is 13.0 Å². The lowest BCUT2D eigenvalue weighted by molar-refractivity contribution is 0.0939. The Morgan fingerprint density at radius 1 is 1.06 bits per heavy atom. The lowest BCUT2D eigenvalue weighted by atomic mass is 9.90. The van der Waals surface area contributed by atoms with Gasteiger partial charge in [-0.05, 0) is 84.1 Å². The molecule has 0 unspecified atom stereocenters. The second kappa shape index (κ2) is 12.5. The fraction of sp³-hybridized carbons (Fsp3) is 0.346. The Morgan fingerprint density at radius 2 is 1.77 bits per heavy atom. The van der Waals surface area contributed by atoms with Gasteiger partial charge >= 0.3 is 0 Å². The zero-order chi connectivity index (χ0) is 24.6. The third kappa shape index (κ3) is 7.52. The zero-order valence-corrected chi connectivity index (χ0v) is 22.4. The first-order valence-electron chi connectivity index (χ1n) is 11.8. The molecule has 1 saturated heterocycles. The molecule has 0 atom stereocenters. The average Bonchev–Trinajstić information content (AvgIpc) is 2.87. The molecule has 0 saturated carbocycles. The first kappa shape index (κ1) is 25.7. The molecule has 1 amide bonds. The Hall–Kier alpha value is -2.43. The van der Waals surface area contributed by atoms with Crippen LogP contribution < -0.4 is 16.4 Å². The van der Waals surface area contributed by atoms with Gasteiger partial charge in [-0.25, -0.2) is 9.97 Å². The van der Waals surface area contributed by atoms with E-state index in [4.69, 9.17) is 17.3 Å². The summed E-state index contributed by atoms with van der Waals surface area (Å²) in [6.07, 6.45) is 3.49. The number of hydrogen-bond donors (Lipinski definition) is 3. The number of halogens is 2. The second-order valence-electron chi connectivity index (χ2n) is 8.81. The van der Waals surface area contributed by atoms with Crippen molar-refractivity contribution in [2.24, 2.45) is 5.92 Å². The van der Waals surface area contributed by atoms with Gasteiger partial charge < -0.3 is 21.3 Å². The van der Waals surface area contributed by atoms with Gasteiger partial charge in [-0.1, -0.05) is 54.1 Å². The number of rotatable bonds is 9. The van der Waals surface area contributed by atoms with Crippen LogP contribution in [0, 0.1) is 9.49 Å². The van der Waals surface area contributed by atoms with Crippen molar-refractivity contribution in [2.45, 2.75) is 25.8 Å². The zero-order valence-electron chi connectivity index (χ0n) is 19.5. The van der Waals surface area contributed by atoms with E-state index in [9.17, 15) is 4.79 Å². The van der Waals surface area contributed by atoms with Gasteiger partial charge in [0.1, 0.15) is 0 Å². The largest absolute Gasteiger partial charge is 0.382 e. The number of nitrogens with two attached hydrogens (primary N) is 1. The lowest BCUT2D eigenvalue weighted by Gasteiger charge is -2.32. The van der Waals surface area contributed by atoms with Crippen LogP contribution in [-0.4, -0.2) is 47.0 Å². The van der Waals surface area contributed by atoms with Gasteiger partial charge in [0.15, 0.2) is 22.5 Å². The molecule has 2 aromatic carbocycles. The monoisotopic (exact) mass is 604 g/mol. The minimum atomic E-state index is -0.361. The number of likely N-dealkylation sites (tertiary alicyclic amines) is 1. The van der Waals surface area contributed by atoms with Crippen LogP contribution in [0.5, 0.6) is 0 Å². The number of carbonyl (C=O) groups excluding carboxylic acids is 1. The lowest BCUT2D eigenvalue weighted by Crippen LogP contribution is -2.40. The molecule has 1 aliphatic heterocycles. The smallest absolute Gasteiger partial charge is 0.273 e. The summed E-state index contributed by atoms with van der Waals surface area (Å²) in [7, 11) is 0. The van der Waals surface area contributed by atoms with Crippen molar-refractivity contribution < 1.29 is 4.79 Å². The Morgan fingerprint density at radius 3 is 2.49 bits per heavy atom. The maximum atomic E-state index is 12.6. The van der Waals surface area contributed by atoms with Crippen molar-refractivity contribution in [2.75, 3.05) is 37.2 Å². The molecule has 1 aromatic heterocycles. The predicted molar refractivity (Wildman–Crippen MR) is 150 cm³/mol. The van der Waals surface area contributed by atoms with Gasteiger partial charge in [0.25, 0.3) is 5.91 Å². The van der Waals surface area contributed by atoms with E-state index in [2.05, 4.69) is 78.4 Å². The quantitative estimate of drug-likeness (QED) is 0.309. The highest BCUT2D eigenvalue weighted by molar-refractivity contribution is 14.1. The summed E-state index contributed by atoms with van der Waals surface area (Å²) >= 11 is 8.54. The van der Waals surface area contributed by atoms with E-state index < -0.39 is 0 Å². The molecule has 4 rings (SSSR count). The van der Waals surface area contributed by atoms with E-state index in [-0.39, 0.29) is 22.6 Å². The summed E-state index contributed by atoms with van der Waals surface area (Å²) in [6.45, 7) is 3.93. The summed E-state index contributed by atoms with van der Waals surface area (Å²) in [5, 5.41) is 6.16. The molecular weight excluding hydrogens is 575 g/mol. The minimum absolute atomic E-state index is 0.0522. The first-order valence-corrected chi connectivity index (χ1v) is 13.3. The first-order chi connectivity index (χ1) is 17.0. The van der Waals surface area contributed by atoms with Crippen LogP contribution in [0.25, 0.3) is 0 Å². The number of amides is 1. The van der Waals surface area contributed by atoms with Crippen LogP contribution in [0.2, 0.25) is 5.15 Å². The summed E-state index contributed by atoms with van der Waals surface area (Å²) in [5.74, 6) is 0.773. The van der Waals surface area contributed by atoms with Crippen LogP contribution in [0.4, 0.5) is 11.6 Å². The molecule has 1 fully saturated rings. The molecular formula is C26H30ClIN6O. The van der Waals surface area contributed by atoms with Gasteiger partial charge in [0, 0.05) is 23.2 Å². The van der Waals surface area contributed by atoms with Crippen molar-refractivity contribution >= 4 is 51.7 Å². The van der Waals surface area contributed by atoms with Crippen molar-refractivity contribution in [3.8, 4) is 0 Å². The van der Waals surface area contributed by atoms with Gasteiger partial charge in [-0.15, -0.1) is 0 Å². The molecule has 7 nitrogen and oxygen atoms in total. The number of nitrogen functional groups attached to an aromatic ring is 1. The van der Waals surface area contributed by atoms with E-state index in [1.165, 1.54) is 18.4 Å². The van der Waals surface area contributed by atoms with Crippen LogP contribution in [0.3, 0.4) is 0 Å². The molecule has 0 bridgehead atoms. The van der Waals surface area contributed by atoms with Crippen LogP contribution in [0.15, 0.2) is 54.6 Å². The standard InChI is InChI=1S/C26H30ClIN6O/c27-23-25(31-17-20-6-8-21(28)9-7-20)33-24(29)22(32-23)26(35)30-12-15-34-13-10-19(11-14-34)16-18-4-2-1-3-5-18/h1-9,19H,10-17H2,(H,30,35)(H3,29,31,33). The molecule has 184 valence electrons. The number of hydrogen-bond acceptors (Lipinski definition) is 6. The topological polar surface area (TPSA) is 96.2 Å². The Bertz CT molecular complexity index is 1120. The van der Waals surface area contributed by atoms with E-state index in [0.717, 1.165) is 41.1 Å². The summed E-state index contributed by atoms with van der Waals surface area (Å²) < 4.78 is 1.16. The number of piperidine rings is 1. The van der Waals surface area contributed by atoms with Crippen molar-refractivity contribution in [1.29, 1.82) is 0 Å². The number of anilines is 2. The molecule has 1 aliphatic rings. The van der Waals surface area contributed by atoms with E-state index >= 15 is 0 Å². The highest BCUT2D eigenvalue weighted by Gasteiger charge is 2.20. The number of nitrogens with one attached hydrogen (secondary N) is 2. The third-order valence-electron chi connectivity index (χ3n) is 6.26. The Kier molecular flexibility index (Phi) is 9.17. The predicted octanol–water partition coefficient (Wildman–Crippen LogP) is 4.61. The summed E-state index contributed by atoms with van der Waals surface area (Å²) in [4.78, 5) is 23.5. The Balaban J connectivity index is 1.21. The third-order valence-corrected chi connectivity index (χ3v) is 7.24. The van der Waals surface area contributed by atoms with E-state index in [1.807, 2.05) is 24.3 Å². The van der Waals surface area contributed by atoms with Crippen molar-refractivity contribution in [3.63, 3.8) is 0 Å². The molecule has 0 aliphatic carbocycles. The Labute approximate surface area is 225 Å². The van der Waals surface area contributed by atoms with Crippen molar-refractivity contribution in [3.05, 3.63) is 80.1 Å². The summed E-state index contributed by atoms with van der Waals surface area (Å²) in [6, 6.07) is 18.8. The van der Waals surface area contributed by atoms with Gasteiger partial charge in [-0.3, -0.25) is 4.79 Å². The molecule has 3 aromatic rings. The van der Waals surface area contributed by atoms with E-state index in [0.29, 0.717) is 18.9 Å². The van der Waals surface area contributed by atoms with Gasteiger partial charge in [0.05, 0.1) is 0 Å². The molecule has 0 spiro atoms. The van der Waals surface area contributed by atoms with Gasteiger partial charge in [-0.2, -0.15) is 0 Å². The fourth-order valence-corrected chi connectivity index (χ4v) is 4.82. The number of benzene rings is 2. The molecule has 9 heteroatoms. The van der Waals surface area contributed by atoms with Gasteiger partial charge in [0.2, 0.25) is 0 Å². The maximum absolute atomic E-state index is 12.6.